The summed E-state index contributed by atoms with van der Waals surface area (Å²) >= 11 is 11.5. The minimum atomic E-state index is -4.68. The molecule has 0 spiro atoms. The van der Waals surface area contributed by atoms with Crippen molar-refractivity contribution in [3.05, 3.63) is 56.4 Å². The zero-order chi connectivity index (χ0) is 14.2. The molecule has 2 nitrogen and oxygen atoms in total. The maximum Gasteiger partial charge on any atom is 0.431 e. The second-order valence-electron chi connectivity index (χ2n) is 3.77. The van der Waals surface area contributed by atoms with Gasteiger partial charge >= 0.3 is 6.18 Å². The molecule has 0 radical (unpaired) electrons. The van der Waals surface area contributed by atoms with E-state index in [2.05, 4.69) is 0 Å². The van der Waals surface area contributed by atoms with Gasteiger partial charge in [-0.15, -0.1) is 0 Å². The summed E-state index contributed by atoms with van der Waals surface area (Å²) in [6.07, 6.45) is -4.68. The molecule has 2 rings (SSSR count). The summed E-state index contributed by atoms with van der Waals surface area (Å²) in [6.45, 7) is 0. The van der Waals surface area contributed by atoms with Gasteiger partial charge in [0, 0.05) is 21.7 Å². The van der Waals surface area contributed by atoms with Crippen LogP contribution in [0.5, 0.6) is 0 Å². The molecular formula is C12H6Cl2F3NO. The van der Waals surface area contributed by atoms with Gasteiger partial charge < -0.3 is 4.98 Å². The van der Waals surface area contributed by atoms with Gasteiger partial charge in [-0.2, -0.15) is 13.2 Å². The molecular weight excluding hydrogens is 302 g/mol. The average Bonchev–Trinajstić information content (AvgIpc) is 2.26. The van der Waals surface area contributed by atoms with Crippen molar-refractivity contribution in [3.63, 3.8) is 0 Å². The summed E-state index contributed by atoms with van der Waals surface area (Å²) in [5, 5.41) is 0.420. The van der Waals surface area contributed by atoms with E-state index in [0.717, 1.165) is 12.1 Å². The Balaban J connectivity index is 2.72. The summed E-state index contributed by atoms with van der Waals surface area (Å²) in [6, 6.07) is 6.20. The molecule has 100 valence electrons. The lowest BCUT2D eigenvalue weighted by Gasteiger charge is -2.12. The highest BCUT2D eigenvalue weighted by Crippen LogP contribution is 2.36. The fourth-order valence-electron chi connectivity index (χ4n) is 1.65. The van der Waals surface area contributed by atoms with E-state index >= 15 is 0 Å². The highest BCUT2D eigenvalue weighted by molar-refractivity contribution is 6.35. The van der Waals surface area contributed by atoms with E-state index in [0.29, 0.717) is 0 Å². The van der Waals surface area contributed by atoms with E-state index in [1.54, 1.807) is 4.98 Å². The van der Waals surface area contributed by atoms with E-state index in [9.17, 15) is 18.0 Å². The second kappa shape index (κ2) is 4.90. The molecule has 0 saturated heterocycles. The molecule has 0 aliphatic carbocycles. The van der Waals surface area contributed by atoms with Crippen LogP contribution in [0.3, 0.4) is 0 Å². The normalized spacial score (nSPS) is 11.6. The number of aromatic amines is 1. The Morgan fingerprint density at radius 2 is 1.58 bits per heavy atom. The number of alkyl halides is 3. The standard InChI is InChI=1S/C12H6Cl2F3NO/c13-7-3-6(4-8(14)5-7)9-1-2-10(19)18-11(9)12(15,16)17/h1-5H,(H,18,19). The van der Waals surface area contributed by atoms with Crippen LogP contribution in [-0.2, 0) is 6.18 Å². The molecule has 1 heterocycles. The third-order valence-electron chi connectivity index (χ3n) is 2.38. The fourth-order valence-corrected chi connectivity index (χ4v) is 2.17. The van der Waals surface area contributed by atoms with Crippen LogP contribution in [-0.4, -0.2) is 4.98 Å². The van der Waals surface area contributed by atoms with Gasteiger partial charge in [0.05, 0.1) is 0 Å². The minimum absolute atomic E-state index is 0.182. The Bertz CT molecular complexity index is 659. The van der Waals surface area contributed by atoms with Gasteiger partial charge in [0.15, 0.2) is 0 Å². The van der Waals surface area contributed by atoms with E-state index in [1.807, 2.05) is 0 Å². The Kier molecular flexibility index (Phi) is 3.60. The molecule has 0 amide bonds. The number of aromatic nitrogens is 1. The van der Waals surface area contributed by atoms with Crippen LogP contribution in [0.25, 0.3) is 11.1 Å². The van der Waals surface area contributed by atoms with Crippen molar-refractivity contribution in [1.29, 1.82) is 0 Å². The van der Waals surface area contributed by atoms with Crippen LogP contribution in [0.15, 0.2) is 35.1 Å². The quantitative estimate of drug-likeness (QED) is 0.834. The molecule has 0 atom stereocenters. The number of hydrogen-bond acceptors (Lipinski definition) is 1. The number of benzene rings is 1. The molecule has 0 aliphatic rings. The molecule has 1 aromatic heterocycles. The number of rotatable bonds is 1. The molecule has 0 aliphatic heterocycles. The van der Waals surface area contributed by atoms with Crippen LogP contribution >= 0.6 is 23.2 Å². The van der Waals surface area contributed by atoms with Crippen LogP contribution in [0.2, 0.25) is 10.0 Å². The Hall–Kier alpha value is -1.46. The summed E-state index contributed by atoms with van der Waals surface area (Å²) in [5.74, 6) is 0. The van der Waals surface area contributed by atoms with Gasteiger partial charge in [-0.3, -0.25) is 4.79 Å². The second-order valence-corrected chi connectivity index (χ2v) is 4.64. The predicted molar refractivity (Wildman–Crippen MR) is 67.5 cm³/mol. The Labute approximate surface area is 115 Å². The zero-order valence-electron chi connectivity index (χ0n) is 9.18. The largest absolute Gasteiger partial charge is 0.431 e. The van der Waals surface area contributed by atoms with E-state index in [1.165, 1.54) is 18.2 Å². The van der Waals surface area contributed by atoms with Crippen molar-refractivity contribution in [1.82, 2.24) is 4.98 Å². The van der Waals surface area contributed by atoms with Crippen molar-refractivity contribution >= 4 is 23.2 Å². The lowest BCUT2D eigenvalue weighted by molar-refractivity contribution is -0.140. The van der Waals surface area contributed by atoms with Crippen molar-refractivity contribution in [3.8, 4) is 11.1 Å². The molecule has 0 unspecified atom stereocenters. The monoisotopic (exact) mass is 307 g/mol. The van der Waals surface area contributed by atoms with Gasteiger partial charge in [-0.25, -0.2) is 0 Å². The number of pyridine rings is 1. The highest BCUT2D eigenvalue weighted by atomic mass is 35.5. The fraction of sp³-hybridized carbons (Fsp3) is 0.0833. The predicted octanol–water partition coefficient (Wildman–Crippen LogP) is 4.37. The van der Waals surface area contributed by atoms with E-state index in [-0.39, 0.29) is 21.2 Å². The third-order valence-corrected chi connectivity index (χ3v) is 2.81. The molecule has 7 heteroatoms. The first kappa shape index (κ1) is 14.0. The molecule has 19 heavy (non-hydrogen) atoms. The maximum absolute atomic E-state index is 12.9. The van der Waals surface area contributed by atoms with Crippen molar-refractivity contribution in [2.75, 3.05) is 0 Å². The minimum Gasteiger partial charge on any atom is -0.318 e. The number of halogens is 5. The van der Waals surface area contributed by atoms with Crippen molar-refractivity contribution in [2.24, 2.45) is 0 Å². The van der Waals surface area contributed by atoms with Crippen LogP contribution < -0.4 is 5.56 Å². The molecule has 0 saturated carbocycles. The van der Waals surface area contributed by atoms with Crippen LogP contribution in [0.1, 0.15) is 5.69 Å². The number of hydrogen-bond donors (Lipinski definition) is 1. The summed E-state index contributed by atoms with van der Waals surface area (Å²) in [7, 11) is 0. The van der Waals surface area contributed by atoms with Gasteiger partial charge in [-0.1, -0.05) is 23.2 Å². The van der Waals surface area contributed by atoms with Crippen LogP contribution in [0.4, 0.5) is 13.2 Å². The van der Waals surface area contributed by atoms with Crippen LogP contribution in [0, 0.1) is 0 Å². The molecule has 0 bridgehead atoms. The summed E-state index contributed by atoms with van der Waals surface area (Å²) in [5.41, 5.74) is -1.96. The topological polar surface area (TPSA) is 32.9 Å². The highest BCUT2D eigenvalue weighted by Gasteiger charge is 2.35. The molecule has 1 N–H and O–H groups in total. The first-order chi connectivity index (χ1) is 8.77. The first-order valence-corrected chi connectivity index (χ1v) is 5.80. The average molecular weight is 308 g/mol. The molecule has 2 aromatic rings. The lowest BCUT2D eigenvalue weighted by Crippen LogP contribution is -2.17. The molecule has 1 aromatic carbocycles. The van der Waals surface area contributed by atoms with Gasteiger partial charge in [0.2, 0.25) is 5.56 Å². The zero-order valence-corrected chi connectivity index (χ0v) is 10.7. The van der Waals surface area contributed by atoms with Gasteiger partial charge in [0.1, 0.15) is 5.69 Å². The molecule has 0 fully saturated rings. The SMILES string of the molecule is O=c1ccc(-c2cc(Cl)cc(Cl)c2)c(C(F)(F)F)[nH]1. The van der Waals surface area contributed by atoms with Gasteiger partial charge in [-0.05, 0) is 29.8 Å². The smallest absolute Gasteiger partial charge is 0.318 e. The summed E-state index contributed by atoms with van der Waals surface area (Å²) in [4.78, 5) is 12.8. The summed E-state index contributed by atoms with van der Waals surface area (Å²) < 4.78 is 38.6. The lowest BCUT2D eigenvalue weighted by atomic mass is 10.0. The van der Waals surface area contributed by atoms with Gasteiger partial charge in [0.25, 0.3) is 0 Å². The first-order valence-electron chi connectivity index (χ1n) is 5.04. The number of nitrogens with one attached hydrogen (secondary N) is 1. The number of H-pyrrole nitrogens is 1. The van der Waals surface area contributed by atoms with Crippen molar-refractivity contribution < 1.29 is 13.2 Å². The maximum atomic E-state index is 12.9. The third kappa shape index (κ3) is 3.11. The Morgan fingerprint density at radius 1 is 1.00 bits per heavy atom. The Morgan fingerprint density at radius 3 is 2.11 bits per heavy atom. The van der Waals surface area contributed by atoms with Crippen molar-refractivity contribution in [2.45, 2.75) is 6.18 Å². The van der Waals surface area contributed by atoms with E-state index < -0.39 is 17.4 Å². The van der Waals surface area contributed by atoms with E-state index in [4.69, 9.17) is 23.2 Å².